The minimum absolute atomic E-state index is 0.0449. The van der Waals surface area contributed by atoms with Crippen molar-refractivity contribution in [1.82, 2.24) is 14.9 Å². The summed E-state index contributed by atoms with van der Waals surface area (Å²) in [6, 6.07) is 5.94. The van der Waals surface area contributed by atoms with Gasteiger partial charge in [0.05, 0.1) is 18.1 Å². The second kappa shape index (κ2) is 6.76. The van der Waals surface area contributed by atoms with Crippen molar-refractivity contribution in [2.75, 3.05) is 7.11 Å². The van der Waals surface area contributed by atoms with E-state index in [2.05, 4.69) is 10.3 Å². The molecule has 1 amide bonds. The first-order valence-corrected chi connectivity index (χ1v) is 7.52. The highest BCUT2D eigenvalue weighted by Crippen LogP contribution is 2.20. The highest BCUT2D eigenvalue weighted by Gasteiger charge is 2.09. The van der Waals surface area contributed by atoms with Gasteiger partial charge in [-0.05, 0) is 37.7 Å². The Morgan fingerprint density at radius 3 is 2.95 bits per heavy atom. The van der Waals surface area contributed by atoms with Crippen LogP contribution in [0, 0.1) is 4.77 Å². The van der Waals surface area contributed by atoms with Gasteiger partial charge in [0.1, 0.15) is 5.75 Å². The van der Waals surface area contributed by atoms with Crippen LogP contribution in [0.3, 0.4) is 0 Å². The first kappa shape index (κ1) is 15.6. The van der Waals surface area contributed by atoms with Crippen LogP contribution in [0.4, 0.5) is 0 Å². The number of methoxy groups -OCH3 is 1. The predicted octanol–water partition coefficient (Wildman–Crippen LogP) is 3.01. The van der Waals surface area contributed by atoms with Gasteiger partial charge in [0, 0.05) is 25.1 Å². The van der Waals surface area contributed by atoms with Gasteiger partial charge in [-0.15, -0.1) is 0 Å². The Morgan fingerprint density at radius 1 is 1.52 bits per heavy atom. The van der Waals surface area contributed by atoms with Crippen LogP contribution in [0.15, 0.2) is 18.2 Å². The Hall–Kier alpha value is -1.82. The molecule has 0 aliphatic rings. The lowest BCUT2D eigenvalue weighted by molar-refractivity contribution is -0.121. The van der Waals surface area contributed by atoms with Gasteiger partial charge >= 0.3 is 0 Å². The average Bonchev–Trinajstić information content (AvgIpc) is 2.79. The van der Waals surface area contributed by atoms with Gasteiger partial charge in [-0.25, -0.2) is 0 Å². The first-order chi connectivity index (χ1) is 10.0. The number of H-pyrrole nitrogens is 1. The molecular formula is C15H21N3O2S. The smallest absolute Gasteiger partial charge is 0.222 e. The minimum Gasteiger partial charge on any atom is -0.497 e. The third-order valence-electron chi connectivity index (χ3n) is 3.56. The third kappa shape index (κ3) is 3.64. The van der Waals surface area contributed by atoms with Crippen LogP contribution >= 0.6 is 12.2 Å². The molecule has 1 unspecified atom stereocenters. The van der Waals surface area contributed by atoms with Gasteiger partial charge in [-0.3, -0.25) is 4.79 Å². The number of imidazole rings is 1. The normalized spacial score (nSPS) is 12.3. The molecule has 1 heterocycles. The second-order valence-electron chi connectivity index (χ2n) is 5.09. The average molecular weight is 307 g/mol. The van der Waals surface area contributed by atoms with Crippen molar-refractivity contribution in [3.05, 3.63) is 23.0 Å². The molecule has 5 nitrogen and oxygen atoms in total. The fraction of sp³-hybridized carbons (Fsp3) is 0.467. The molecular weight excluding hydrogens is 286 g/mol. The zero-order valence-corrected chi connectivity index (χ0v) is 13.4. The van der Waals surface area contributed by atoms with E-state index in [4.69, 9.17) is 17.0 Å². The number of carbonyl (C=O) groups is 1. The number of rotatable bonds is 6. The SMILES string of the molecule is CCC(C)NC(=O)CCn1c(=S)[nH]c2ccc(OC)cc21. The van der Waals surface area contributed by atoms with E-state index in [-0.39, 0.29) is 11.9 Å². The van der Waals surface area contributed by atoms with Gasteiger partial charge in [-0.2, -0.15) is 0 Å². The standard InChI is InChI=1S/C15H21N3O2S/c1-4-10(2)16-14(19)7-8-18-13-9-11(20-3)5-6-12(13)17-15(18)21/h5-6,9-10H,4,7-8H2,1-3H3,(H,16,19)(H,17,21). The molecule has 0 bridgehead atoms. The molecule has 1 aromatic carbocycles. The number of benzene rings is 1. The number of nitrogens with zero attached hydrogens (tertiary/aromatic N) is 1. The number of aromatic amines is 1. The summed E-state index contributed by atoms with van der Waals surface area (Å²) in [5, 5.41) is 2.96. The van der Waals surface area contributed by atoms with E-state index in [0.29, 0.717) is 17.7 Å². The number of nitrogens with one attached hydrogen (secondary N) is 2. The molecule has 1 atom stereocenters. The Morgan fingerprint density at radius 2 is 2.29 bits per heavy atom. The summed E-state index contributed by atoms with van der Waals surface area (Å²) >= 11 is 5.33. The molecule has 21 heavy (non-hydrogen) atoms. The van der Waals surface area contributed by atoms with Gasteiger partial charge in [-0.1, -0.05) is 6.92 Å². The molecule has 0 spiro atoms. The fourth-order valence-corrected chi connectivity index (χ4v) is 2.44. The van der Waals surface area contributed by atoms with Crippen molar-refractivity contribution in [1.29, 1.82) is 0 Å². The van der Waals surface area contributed by atoms with Crippen LogP contribution in [-0.2, 0) is 11.3 Å². The molecule has 0 saturated carbocycles. The molecule has 2 N–H and O–H groups in total. The topological polar surface area (TPSA) is 59.0 Å². The predicted molar refractivity (Wildman–Crippen MR) is 86.2 cm³/mol. The van der Waals surface area contributed by atoms with Crippen molar-refractivity contribution in [3.8, 4) is 5.75 Å². The van der Waals surface area contributed by atoms with Crippen molar-refractivity contribution in [2.45, 2.75) is 39.3 Å². The molecule has 2 rings (SSSR count). The lowest BCUT2D eigenvalue weighted by Gasteiger charge is -2.11. The van der Waals surface area contributed by atoms with E-state index in [0.717, 1.165) is 23.2 Å². The van der Waals surface area contributed by atoms with E-state index in [1.54, 1.807) is 7.11 Å². The van der Waals surface area contributed by atoms with Crippen molar-refractivity contribution in [2.24, 2.45) is 0 Å². The van der Waals surface area contributed by atoms with Gasteiger partial charge in [0.2, 0.25) is 5.91 Å². The number of carbonyl (C=O) groups excluding carboxylic acids is 1. The zero-order valence-electron chi connectivity index (χ0n) is 12.6. The van der Waals surface area contributed by atoms with Gasteiger partial charge < -0.3 is 19.6 Å². The van der Waals surface area contributed by atoms with Crippen LogP contribution in [0.1, 0.15) is 26.7 Å². The lowest BCUT2D eigenvalue weighted by atomic mass is 10.2. The summed E-state index contributed by atoms with van der Waals surface area (Å²) in [4.78, 5) is 15.0. The minimum atomic E-state index is 0.0449. The summed E-state index contributed by atoms with van der Waals surface area (Å²) in [6.45, 7) is 4.60. The van der Waals surface area contributed by atoms with E-state index in [1.807, 2.05) is 36.6 Å². The molecule has 0 saturated heterocycles. The molecule has 6 heteroatoms. The molecule has 0 aliphatic carbocycles. The highest BCUT2D eigenvalue weighted by molar-refractivity contribution is 7.71. The Labute approximate surface area is 129 Å². The van der Waals surface area contributed by atoms with Crippen molar-refractivity contribution >= 4 is 29.2 Å². The Kier molecular flexibility index (Phi) is 5.01. The van der Waals surface area contributed by atoms with E-state index >= 15 is 0 Å². The molecule has 2 aromatic rings. The molecule has 0 radical (unpaired) electrons. The van der Waals surface area contributed by atoms with E-state index in [1.165, 1.54) is 0 Å². The van der Waals surface area contributed by atoms with Crippen LogP contribution in [0.2, 0.25) is 0 Å². The van der Waals surface area contributed by atoms with Crippen molar-refractivity contribution in [3.63, 3.8) is 0 Å². The quantitative estimate of drug-likeness (QED) is 0.807. The maximum absolute atomic E-state index is 11.9. The number of ether oxygens (including phenoxy) is 1. The summed E-state index contributed by atoms with van der Waals surface area (Å²) in [7, 11) is 1.63. The maximum Gasteiger partial charge on any atom is 0.222 e. The number of aryl methyl sites for hydroxylation is 1. The molecule has 0 aliphatic heterocycles. The van der Waals surface area contributed by atoms with Gasteiger partial charge in [0.25, 0.3) is 0 Å². The summed E-state index contributed by atoms with van der Waals surface area (Å²) in [5.41, 5.74) is 1.90. The third-order valence-corrected chi connectivity index (χ3v) is 3.89. The van der Waals surface area contributed by atoms with Crippen LogP contribution in [-0.4, -0.2) is 28.6 Å². The molecule has 1 aromatic heterocycles. The lowest BCUT2D eigenvalue weighted by Crippen LogP contribution is -2.32. The largest absolute Gasteiger partial charge is 0.497 e. The Bertz CT molecular complexity index is 690. The van der Waals surface area contributed by atoms with Crippen LogP contribution < -0.4 is 10.1 Å². The summed E-state index contributed by atoms with van der Waals surface area (Å²) < 4.78 is 7.79. The summed E-state index contributed by atoms with van der Waals surface area (Å²) in [5.74, 6) is 0.817. The maximum atomic E-state index is 11.9. The van der Waals surface area contributed by atoms with Crippen LogP contribution in [0.5, 0.6) is 5.75 Å². The number of fused-ring (bicyclic) bond motifs is 1. The van der Waals surface area contributed by atoms with Crippen LogP contribution in [0.25, 0.3) is 11.0 Å². The monoisotopic (exact) mass is 307 g/mol. The fourth-order valence-electron chi connectivity index (χ4n) is 2.14. The van der Waals surface area contributed by atoms with E-state index in [9.17, 15) is 4.79 Å². The molecule has 114 valence electrons. The molecule has 0 fully saturated rings. The van der Waals surface area contributed by atoms with Gasteiger partial charge in [0.15, 0.2) is 4.77 Å². The Balaban J connectivity index is 2.16. The van der Waals surface area contributed by atoms with E-state index < -0.39 is 0 Å². The summed E-state index contributed by atoms with van der Waals surface area (Å²) in [6.07, 6.45) is 1.33. The van der Waals surface area contributed by atoms with Crippen molar-refractivity contribution < 1.29 is 9.53 Å². The zero-order chi connectivity index (χ0) is 15.4. The highest BCUT2D eigenvalue weighted by atomic mass is 32.1. The number of amides is 1. The number of hydrogen-bond acceptors (Lipinski definition) is 3. The first-order valence-electron chi connectivity index (χ1n) is 7.11. The number of aromatic nitrogens is 2. The second-order valence-corrected chi connectivity index (χ2v) is 5.48. The number of hydrogen-bond donors (Lipinski definition) is 2.